The van der Waals surface area contributed by atoms with E-state index in [0.717, 1.165) is 12.0 Å². The second kappa shape index (κ2) is 7.77. The van der Waals surface area contributed by atoms with Gasteiger partial charge in [-0.15, -0.1) is 0 Å². The van der Waals surface area contributed by atoms with Gasteiger partial charge in [-0.1, -0.05) is 38.3 Å². The SMILES string of the molecule is CCCCCCc1ccc(C2=NC(=Cc3ccco3)C(=O)O2)cc1. The van der Waals surface area contributed by atoms with Gasteiger partial charge in [-0.2, -0.15) is 0 Å². The molecule has 0 aliphatic carbocycles. The van der Waals surface area contributed by atoms with Crippen LogP contribution in [0.1, 0.15) is 49.5 Å². The largest absolute Gasteiger partial charge is 0.465 e. The van der Waals surface area contributed by atoms with E-state index in [0.29, 0.717) is 11.7 Å². The van der Waals surface area contributed by atoms with E-state index in [2.05, 4.69) is 24.0 Å². The smallest absolute Gasteiger partial charge is 0.363 e. The first kappa shape index (κ1) is 16.2. The topological polar surface area (TPSA) is 51.8 Å². The molecule has 2 aromatic rings. The lowest BCUT2D eigenvalue weighted by molar-refractivity contribution is -0.129. The summed E-state index contributed by atoms with van der Waals surface area (Å²) in [5, 5.41) is 0. The van der Waals surface area contributed by atoms with Gasteiger partial charge in [-0.05, 0) is 42.7 Å². The van der Waals surface area contributed by atoms with Gasteiger partial charge in [0.1, 0.15) is 5.76 Å². The summed E-state index contributed by atoms with van der Waals surface area (Å²) in [5.74, 6) is 0.467. The van der Waals surface area contributed by atoms with Gasteiger partial charge in [-0.25, -0.2) is 9.79 Å². The summed E-state index contributed by atoms with van der Waals surface area (Å²) in [4.78, 5) is 16.2. The standard InChI is InChI=1S/C20H21NO3/c1-2-3-4-5-7-15-9-11-16(12-10-15)19-21-18(20(22)24-19)14-17-8-6-13-23-17/h6,8-14H,2-5,7H2,1H3. The highest BCUT2D eigenvalue weighted by Gasteiger charge is 2.24. The van der Waals surface area contributed by atoms with Crippen LogP contribution in [-0.4, -0.2) is 11.9 Å². The summed E-state index contributed by atoms with van der Waals surface area (Å²) in [6, 6.07) is 11.6. The minimum atomic E-state index is -0.454. The van der Waals surface area contributed by atoms with E-state index in [4.69, 9.17) is 9.15 Å². The maximum atomic E-state index is 11.9. The highest BCUT2D eigenvalue weighted by atomic mass is 16.6. The van der Waals surface area contributed by atoms with Crippen LogP contribution in [-0.2, 0) is 16.0 Å². The maximum absolute atomic E-state index is 11.9. The number of furan rings is 1. The molecule has 2 heterocycles. The zero-order valence-corrected chi connectivity index (χ0v) is 13.8. The Morgan fingerprint density at radius 3 is 2.62 bits per heavy atom. The quantitative estimate of drug-likeness (QED) is 0.420. The van der Waals surface area contributed by atoms with Gasteiger partial charge < -0.3 is 9.15 Å². The van der Waals surface area contributed by atoms with Crippen LogP contribution in [0, 0.1) is 0 Å². The van der Waals surface area contributed by atoms with Gasteiger partial charge in [0.25, 0.3) is 0 Å². The van der Waals surface area contributed by atoms with E-state index >= 15 is 0 Å². The van der Waals surface area contributed by atoms with Gasteiger partial charge >= 0.3 is 5.97 Å². The van der Waals surface area contributed by atoms with Gasteiger partial charge in [0.05, 0.1) is 6.26 Å². The van der Waals surface area contributed by atoms with Crippen molar-refractivity contribution in [3.63, 3.8) is 0 Å². The van der Waals surface area contributed by atoms with Crippen molar-refractivity contribution >= 4 is 17.9 Å². The molecule has 1 aliphatic heterocycles. The van der Waals surface area contributed by atoms with E-state index in [9.17, 15) is 4.79 Å². The summed E-state index contributed by atoms with van der Waals surface area (Å²) in [5.41, 5.74) is 2.36. The molecule has 3 rings (SSSR count). The lowest BCUT2D eigenvalue weighted by Crippen LogP contribution is -2.05. The zero-order chi connectivity index (χ0) is 16.8. The molecule has 0 atom stereocenters. The van der Waals surface area contributed by atoms with E-state index in [1.807, 2.05) is 12.1 Å². The third-order valence-corrected chi connectivity index (χ3v) is 3.96. The molecule has 1 aliphatic rings. The fourth-order valence-electron chi connectivity index (χ4n) is 2.61. The number of hydrogen-bond donors (Lipinski definition) is 0. The van der Waals surface area contributed by atoms with Crippen molar-refractivity contribution < 1.29 is 13.9 Å². The van der Waals surface area contributed by atoms with Crippen LogP contribution in [0.3, 0.4) is 0 Å². The molecule has 1 aromatic carbocycles. The molecule has 0 unspecified atom stereocenters. The van der Waals surface area contributed by atoms with Crippen LogP contribution in [0.4, 0.5) is 0 Å². The van der Waals surface area contributed by atoms with Crippen LogP contribution < -0.4 is 0 Å². The molecule has 4 heteroatoms. The normalized spacial score (nSPS) is 15.6. The molecule has 124 valence electrons. The van der Waals surface area contributed by atoms with Gasteiger partial charge in [0.15, 0.2) is 5.70 Å². The van der Waals surface area contributed by atoms with Crippen molar-refractivity contribution in [2.45, 2.75) is 39.0 Å². The molecule has 0 fully saturated rings. The summed E-state index contributed by atoms with van der Waals surface area (Å²) in [6.45, 7) is 2.22. The Morgan fingerprint density at radius 2 is 1.92 bits per heavy atom. The molecular weight excluding hydrogens is 302 g/mol. The van der Waals surface area contributed by atoms with Crippen LogP contribution in [0.2, 0.25) is 0 Å². The number of ether oxygens (including phenoxy) is 1. The number of aliphatic imine (C=N–C) groups is 1. The van der Waals surface area contributed by atoms with Crippen LogP contribution in [0.25, 0.3) is 6.08 Å². The first-order chi connectivity index (χ1) is 11.8. The highest BCUT2D eigenvalue weighted by Crippen LogP contribution is 2.20. The number of carbonyl (C=O) groups is 1. The van der Waals surface area contributed by atoms with Crippen molar-refractivity contribution in [2.75, 3.05) is 0 Å². The Hall–Kier alpha value is -2.62. The summed E-state index contributed by atoms with van der Waals surface area (Å²) >= 11 is 0. The molecule has 0 radical (unpaired) electrons. The minimum Gasteiger partial charge on any atom is -0.465 e. The second-order valence-corrected chi connectivity index (χ2v) is 5.86. The van der Waals surface area contributed by atoms with Crippen molar-refractivity contribution in [1.29, 1.82) is 0 Å². The average molecular weight is 323 g/mol. The summed E-state index contributed by atoms with van der Waals surface area (Å²) < 4.78 is 10.5. The highest BCUT2D eigenvalue weighted by molar-refractivity contribution is 6.12. The van der Waals surface area contributed by atoms with Crippen molar-refractivity contribution in [1.82, 2.24) is 0 Å². The van der Waals surface area contributed by atoms with E-state index < -0.39 is 5.97 Å². The molecule has 0 saturated carbocycles. The van der Waals surface area contributed by atoms with Crippen LogP contribution in [0.5, 0.6) is 0 Å². The molecule has 0 saturated heterocycles. The Kier molecular flexibility index (Phi) is 5.26. The average Bonchev–Trinajstić information content (AvgIpc) is 3.23. The number of benzene rings is 1. The monoisotopic (exact) mass is 323 g/mol. The third-order valence-electron chi connectivity index (χ3n) is 3.96. The molecule has 4 nitrogen and oxygen atoms in total. The number of unbranched alkanes of at least 4 members (excludes halogenated alkanes) is 3. The first-order valence-corrected chi connectivity index (χ1v) is 8.41. The Labute approximate surface area is 141 Å². The predicted molar refractivity (Wildman–Crippen MR) is 93.6 cm³/mol. The molecule has 0 bridgehead atoms. The maximum Gasteiger partial charge on any atom is 0.363 e. The fourth-order valence-corrected chi connectivity index (χ4v) is 2.61. The Bertz CT molecular complexity index is 740. The number of rotatable bonds is 7. The van der Waals surface area contributed by atoms with Crippen molar-refractivity contribution in [3.05, 3.63) is 65.2 Å². The van der Waals surface area contributed by atoms with E-state index in [1.54, 1.807) is 24.5 Å². The fraction of sp³-hybridized carbons (Fsp3) is 0.300. The lowest BCUT2D eigenvalue weighted by atomic mass is 10.0. The van der Waals surface area contributed by atoms with Crippen molar-refractivity contribution in [3.8, 4) is 0 Å². The van der Waals surface area contributed by atoms with Gasteiger partial charge in [-0.3, -0.25) is 0 Å². The number of esters is 1. The van der Waals surface area contributed by atoms with E-state index in [-0.39, 0.29) is 5.70 Å². The Balaban J connectivity index is 1.67. The third kappa shape index (κ3) is 4.02. The summed E-state index contributed by atoms with van der Waals surface area (Å²) in [6.07, 6.45) is 9.22. The number of hydrogen-bond acceptors (Lipinski definition) is 4. The minimum absolute atomic E-state index is 0.253. The number of carbonyl (C=O) groups excluding carboxylic acids is 1. The molecule has 0 N–H and O–H groups in total. The molecule has 24 heavy (non-hydrogen) atoms. The molecule has 0 spiro atoms. The predicted octanol–water partition coefficient (Wildman–Crippen LogP) is 4.75. The van der Waals surface area contributed by atoms with Crippen molar-refractivity contribution in [2.24, 2.45) is 4.99 Å². The molecule has 1 aromatic heterocycles. The summed E-state index contributed by atoms with van der Waals surface area (Å²) in [7, 11) is 0. The van der Waals surface area contributed by atoms with Gasteiger partial charge in [0.2, 0.25) is 5.90 Å². The molecule has 0 amide bonds. The number of aryl methyl sites for hydroxylation is 1. The van der Waals surface area contributed by atoms with E-state index in [1.165, 1.54) is 31.2 Å². The van der Waals surface area contributed by atoms with Crippen LogP contribution in [0.15, 0.2) is 57.8 Å². The second-order valence-electron chi connectivity index (χ2n) is 5.86. The lowest BCUT2D eigenvalue weighted by Gasteiger charge is -2.03. The zero-order valence-electron chi connectivity index (χ0n) is 13.8. The van der Waals surface area contributed by atoms with Crippen LogP contribution >= 0.6 is 0 Å². The van der Waals surface area contributed by atoms with Gasteiger partial charge in [0, 0.05) is 11.6 Å². The first-order valence-electron chi connectivity index (χ1n) is 8.41. The Morgan fingerprint density at radius 1 is 1.08 bits per heavy atom. The number of cyclic esters (lactones) is 1. The molecular formula is C20H21NO3. The number of nitrogens with zero attached hydrogens (tertiary/aromatic N) is 1.